The smallest absolute Gasteiger partial charge is 0.416 e. The van der Waals surface area contributed by atoms with E-state index in [1.54, 1.807) is 36.0 Å². The van der Waals surface area contributed by atoms with Gasteiger partial charge in [-0.05, 0) is 60.4 Å². The molecule has 3 aromatic rings. The predicted octanol–water partition coefficient (Wildman–Crippen LogP) is 7.53. The zero-order chi connectivity index (χ0) is 26.0. The first-order chi connectivity index (χ1) is 17.1. The van der Waals surface area contributed by atoms with Gasteiger partial charge in [-0.1, -0.05) is 42.2 Å². The number of hydrogen-bond donors (Lipinski definition) is 0. The van der Waals surface area contributed by atoms with Gasteiger partial charge in [0.2, 0.25) is 5.75 Å². The maximum absolute atomic E-state index is 13.1. The lowest BCUT2D eigenvalue weighted by Gasteiger charge is -2.15. The Hall–Kier alpha value is -3.35. The highest BCUT2D eigenvalue weighted by atomic mass is 32.2. The summed E-state index contributed by atoms with van der Waals surface area (Å²) in [5, 5.41) is 11.3. The summed E-state index contributed by atoms with van der Waals surface area (Å²) in [7, 11) is 0. The van der Waals surface area contributed by atoms with Gasteiger partial charge in [0.1, 0.15) is 5.75 Å². The number of nitrogens with zero attached hydrogens (tertiary/aromatic N) is 2. The Kier molecular flexibility index (Phi) is 7.38. The van der Waals surface area contributed by atoms with Crippen molar-refractivity contribution in [3.05, 3.63) is 92.9 Å². The summed E-state index contributed by atoms with van der Waals surface area (Å²) >= 11 is 8.08. The van der Waals surface area contributed by atoms with Gasteiger partial charge in [-0.25, -0.2) is 0 Å². The van der Waals surface area contributed by atoms with Crippen LogP contribution in [-0.4, -0.2) is 21.4 Å². The summed E-state index contributed by atoms with van der Waals surface area (Å²) in [6.07, 6.45) is -1.20. The third kappa shape index (κ3) is 5.55. The number of amides is 1. The van der Waals surface area contributed by atoms with Crippen molar-refractivity contribution >= 4 is 63.4 Å². The molecule has 12 heteroatoms. The first-order valence-electron chi connectivity index (χ1n) is 10.1. The molecule has 1 amide bonds. The molecular formula is C24H15F3N2O4S3. The number of thiocarbonyl (C=S) groups is 1. The van der Waals surface area contributed by atoms with Gasteiger partial charge >= 0.3 is 11.9 Å². The summed E-state index contributed by atoms with van der Waals surface area (Å²) < 4.78 is 44.8. The number of nitro benzene ring substituents is 1. The van der Waals surface area contributed by atoms with E-state index in [4.69, 9.17) is 17.0 Å². The van der Waals surface area contributed by atoms with E-state index in [1.807, 2.05) is 24.5 Å². The molecule has 0 N–H and O–H groups in total. The SMILES string of the molecule is CSc1cccc(N2C(=O)/C(=C\c3cccc(Oc4ccc(C(F)(F)F)cc4[N+](=O)[O-])c3)SC2=S)c1. The average Bonchev–Trinajstić information content (AvgIpc) is 3.11. The molecule has 1 aliphatic rings. The Balaban J connectivity index is 1.60. The molecule has 0 saturated carbocycles. The predicted molar refractivity (Wildman–Crippen MR) is 138 cm³/mol. The van der Waals surface area contributed by atoms with E-state index in [0.717, 1.165) is 22.7 Å². The molecule has 36 heavy (non-hydrogen) atoms. The lowest BCUT2D eigenvalue weighted by atomic mass is 10.1. The minimum Gasteiger partial charge on any atom is -0.450 e. The van der Waals surface area contributed by atoms with Crippen LogP contribution in [0.5, 0.6) is 11.5 Å². The molecule has 0 bridgehead atoms. The maximum atomic E-state index is 13.1. The van der Waals surface area contributed by atoms with Crippen LogP contribution in [0.25, 0.3) is 6.08 Å². The van der Waals surface area contributed by atoms with Crippen LogP contribution in [0, 0.1) is 10.1 Å². The Morgan fingerprint density at radius 1 is 1.11 bits per heavy atom. The van der Waals surface area contributed by atoms with Crippen molar-refractivity contribution in [2.24, 2.45) is 0 Å². The van der Waals surface area contributed by atoms with Gasteiger partial charge in [0.25, 0.3) is 5.91 Å². The highest BCUT2D eigenvalue weighted by Gasteiger charge is 2.34. The van der Waals surface area contributed by atoms with Gasteiger partial charge in [0.05, 0.1) is 21.1 Å². The monoisotopic (exact) mass is 548 g/mol. The van der Waals surface area contributed by atoms with Crippen molar-refractivity contribution in [1.82, 2.24) is 0 Å². The van der Waals surface area contributed by atoms with Gasteiger partial charge in [-0.15, -0.1) is 11.8 Å². The Bertz CT molecular complexity index is 1410. The number of benzene rings is 3. The van der Waals surface area contributed by atoms with Crippen LogP contribution in [-0.2, 0) is 11.0 Å². The zero-order valence-corrected chi connectivity index (χ0v) is 20.8. The first kappa shape index (κ1) is 25.7. The van der Waals surface area contributed by atoms with Gasteiger partial charge < -0.3 is 4.74 Å². The largest absolute Gasteiger partial charge is 0.450 e. The van der Waals surface area contributed by atoms with Crippen molar-refractivity contribution in [3.63, 3.8) is 0 Å². The molecule has 0 spiro atoms. The second-order valence-corrected chi connectivity index (χ2v) is 9.89. The number of alkyl halides is 3. The van der Waals surface area contributed by atoms with E-state index < -0.39 is 22.4 Å². The lowest BCUT2D eigenvalue weighted by Crippen LogP contribution is -2.27. The van der Waals surface area contributed by atoms with Crippen LogP contribution in [0.1, 0.15) is 11.1 Å². The van der Waals surface area contributed by atoms with Gasteiger partial charge in [0.15, 0.2) is 4.32 Å². The molecule has 0 aromatic heterocycles. The molecule has 0 radical (unpaired) electrons. The number of halogens is 3. The molecular weight excluding hydrogens is 533 g/mol. The molecule has 1 aliphatic heterocycles. The summed E-state index contributed by atoms with van der Waals surface area (Å²) in [4.78, 5) is 26.3. The number of carbonyl (C=O) groups is 1. The summed E-state index contributed by atoms with van der Waals surface area (Å²) in [5.41, 5.74) is -0.774. The van der Waals surface area contributed by atoms with Crippen molar-refractivity contribution in [3.8, 4) is 11.5 Å². The van der Waals surface area contributed by atoms with Crippen LogP contribution in [0.15, 0.2) is 76.5 Å². The molecule has 184 valence electrons. The second-order valence-electron chi connectivity index (χ2n) is 7.33. The highest BCUT2D eigenvalue weighted by molar-refractivity contribution is 8.27. The number of nitro groups is 1. The van der Waals surface area contributed by atoms with Crippen molar-refractivity contribution in [2.45, 2.75) is 11.1 Å². The highest BCUT2D eigenvalue weighted by Crippen LogP contribution is 2.39. The molecule has 1 heterocycles. The van der Waals surface area contributed by atoms with Crippen molar-refractivity contribution in [1.29, 1.82) is 0 Å². The second kappa shape index (κ2) is 10.3. The number of anilines is 1. The maximum Gasteiger partial charge on any atom is 0.416 e. The standard InChI is InChI=1S/C24H15F3N2O4S3/c1-35-18-7-3-5-16(13-18)28-22(30)21(36-23(28)34)11-14-4-2-6-17(10-14)33-20-9-8-15(24(25,26)27)12-19(20)29(31)32/h2-13H,1H3/b21-11+. The number of thioether (sulfide) groups is 2. The van der Waals surface area contributed by atoms with Crippen molar-refractivity contribution < 1.29 is 27.6 Å². The van der Waals surface area contributed by atoms with Crippen LogP contribution in [0.3, 0.4) is 0 Å². The molecule has 3 aromatic carbocycles. The van der Waals surface area contributed by atoms with Crippen LogP contribution >= 0.6 is 35.7 Å². The fourth-order valence-electron chi connectivity index (χ4n) is 3.31. The molecule has 4 rings (SSSR count). The molecule has 0 unspecified atom stereocenters. The molecule has 1 fully saturated rings. The van der Waals surface area contributed by atoms with Gasteiger partial charge in [-0.3, -0.25) is 19.8 Å². The zero-order valence-electron chi connectivity index (χ0n) is 18.3. The lowest BCUT2D eigenvalue weighted by molar-refractivity contribution is -0.385. The number of ether oxygens (including phenoxy) is 1. The first-order valence-corrected chi connectivity index (χ1v) is 12.6. The quantitative estimate of drug-likeness (QED) is 0.104. The molecule has 0 aliphatic carbocycles. The topological polar surface area (TPSA) is 72.7 Å². The van der Waals surface area contributed by atoms with E-state index in [-0.39, 0.29) is 17.4 Å². The molecule has 6 nitrogen and oxygen atoms in total. The van der Waals surface area contributed by atoms with Gasteiger partial charge in [0, 0.05) is 11.0 Å². The summed E-state index contributed by atoms with van der Waals surface area (Å²) in [5.74, 6) is -0.493. The van der Waals surface area contributed by atoms with Gasteiger partial charge in [-0.2, -0.15) is 13.2 Å². The third-order valence-electron chi connectivity index (χ3n) is 4.97. The fraction of sp³-hybridized carbons (Fsp3) is 0.0833. The van der Waals surface area contributed by atoms with E-state index in [1.165, 1.54) is 17.0 Å². The molecule has 0 atom stereocenters. The molecule has 1 saturated heterocycles. The van der Waals surface area contributed by atoms with Crippen molar-refractivity contribution in [2.75, 3.05) is 11.2 Å². The minimum absolute atomic E-state index is 0.148. The Morgan fingerprint density at radius 3 is 2.56 bits per heavy atom. The number of rotatable bonds is 6. The van der Waals surface area contributed by atoms with Crippen LogP contribution in [0.4, 0.5) is 24.5 Å². The van der Waals surface area contributed by atoms with E-state index in [9.17, 15) is 28.1 Å². The number of carbonyl (C=O) groups excluding carboxylic acids is 1. The van der Waals surface area contributed by atoms with E-state index >= 15 is 0 Å². The van der Waals surface area contributed by atoms with E-state index in [0.29, 0.717) is 32.6 Å². The van der Waals surface area contributed by atoms with E-state index in [2.05, 4.69) is 0 Å². The number of hydrogen-bond acceptors (Lipinski definition) is 7. The third-order valence-corrected chi connectivity index (χ3v) is 7.00. The van der Waals surface area contributed by atoms with Crippen LogP contribution in [0.2, 0.25) is 0 Å². The Morgan fingerprint density at radius 2 is 1.86 bits per heavy atom. The summed E-state index contributed by atoms with van der Waals surface area (Å²) in [6.45, 7) is 0. The van der Waals surface area contributed by atoms with Crippen LogP contribution < -0.4 is 9.64 Å². The normalized spacial score (nSPS) is 15.0. The minimum atomic E-state index is -4.73. The average molecular weight is 549 g/mol. The fourth-order valence-corrected chi connectivity index (χ4v) is 5.06. The summed E-state index contributed by atoms with van der Waals surface area (Å²) in [6, 6.07) is 15.8. The Labute approximate surface area is 217 Å².